The predicted molar refractivity (Wildman–Crippen MR) is 126 cm³/mol. The van der Waals surface area contributed by atoms with Crippen molar-refractivity contribution in [3.8, 4) is 5.75 Å². The van der Waals surface area contributed by atoms with Crippen LogP contribution in [0.2, 0.25) is 0 Å². The van der Waals surface area contributed by atoms with Crippen LogP contribution >= 0.6 is 0 Å². The Kier molecular flexibility index (Phi) is 9.30. The van der Waals surface area contributed by atoms with Crippen molar-refractivity contribution in [2.24, 2.45) is 0 Å². The molecule has 3 aromatic rings. The number of carbonyl (C=O) groups is 1. The molecule has 0 bridgehead atoms. The second-order valence-electron chi connectivity index (χ2n) is 7.72. The largest absolute Gasteiger partial charge is 0.493 e. The first-order chi connectivity index (χ1) is 16.8. The Morgan fingerprint density at radius 3 is 2.23 bits per heavy atom. The second kappa shape index (κ2) is 12.4. The number of amides is 1. The van der Waals surface area contributed by atoms with Crippen molar-refractivity contribution >= 4 is 15.9 Å². The molecule has 1 amide bonds. The molecule has 0 radical (unpaired) electrons. The lowest BCUT2D eigenvalue weighted by atomic mass is 10.0. The first-order valence-corrected chi connectivity index (χ1v) is 12.3. The van der Waals surface area contributed by atoms with Gasteiger partial charge in [-0.1, -0.05) is 42.5 Å². The van der Waals surface area contributed by atoms with Crippen molar-refractivity contribution in [1.82, 2.24) is 9.79 Å². The molecule has 0 saturated heterocycles. The Morgan fingerprint density at radius 1 is 0.971 bits per heavy atom. The molecule has 0 aliphatic carbocycles. The summed E-state index contributed by atoms with van der Waals surface area (Å²) in [5, 5.41) is 9.40. The molecular weight excluding hydrogens is 478 g/mol. The number of nitrogens with one attached hydrogen (secondary N) is 1. The van der Waals surface area contributed by atoms with E-state index in [4.69, 9.17) is 4.74 Å². The summed E-state index contributed by atoms with van der Waals surface area (Å²) < 4.78 is 59.5. The minimum absolute atomic E-state index is 0.0158. The minimum Gasteiger partial charge on any atom is -0.493 e. The van der Waals surface area contributed by atoms with Gasteiger partial charge in [0.2, 0.25) is 10.0 Å². The summed E-state index contributed by atoms with van der Waals surface area (Å²) in [6.07, 6.45) is 0.195. The molecule has 0 fully saturated rings. The highest BCUT2D eigenvalue weighted by Gasteiger charge is 2.36. The number of carbonyl (C=O) groups excluding carboxylic acids is 1. The number of alkyl halides is 1. The molecular formula is C25H26F2N2O5S. The van der Waals surface area contributed by atoms with Crippen molar-refractivity contribution < 1.29 is 31.9 Å². The van der Waals surface area contributed by atoms with Gasteiger partial charge < -0.3 is 4.74 Å². The molecule has 35 heavy (non-hydrogen) atoms. The van der Waals surface area contributed by atoms with E-state index in [2.05, 4.69) is 0 Å². The lowest BCUT2D eigenvalue weighted by Gasteiger charge is -2.30. The van der Waals surface area contributed by atoms with E-state index in [0.717, 1.165) is 4.31 Å². The van der Waals surface area contributed by atoms with Gasteiger partial charge in [-0.2, -0.15) is 4.31 Å². The van der Waals surface area contributed by atoms with Gasteiger partial charge in [0.25, 0.3) is 5.91 Å². The Balaban J connectivity index is 1.99. The van der Waals surface area contributed by atoms with Gasteiger partial charge in [-0.15, -0.1) is 0 Å². The number of ether oxygens (including phenoxy) is 1. The number of hydrogen-bond donors (Lipinski definition) is 2. The number of sulfonamides is 1. The standard InChI is InChI=1S/C25H26F2N2O5S/c26-15-4-16-34-22-11-13-23(14-12-22)35(32,33)29(18-20-7-9-21(27)10-8-20)24(25(30)28-31)17-19-5-2-1-3-6-19/h1-3,5-14,24,31H,4,15-18H2,(H,28,30)/t24-/m1/s1. The van der Waals surface area contributed by atoms with Gasteiger partial charge >= 0.3 is 0 Å². The molecule has 0 aliphatic heterocycles. The Hall–Kier alpha value is -3.34. The summed E-state index contributed by atoms with van der Waals surface area (Å²) in [5.74, 6) is -1.03. The van der Waals surface area contributed by atoms with E-state index in [1.165, 1.54) is 48.5 Å². The summed E-state index contributed by atoms with van der Waals surface area (Å²) in [4.78, 5) is 12.6. The van der Waals surface area contributed by atoms with Gasteiger partial charge in [0.1, 0.15) is 17.6 Å². The number of rotatable bonds is 12. The molecule has 0 saturated carbocycles. The molecule has 0 heterocycles. The molecule has 0 unspecified atom stereocenters. The van der Waals surface area contributed by atoms with Crippen LogP contribution in [0.4, 0.5) is 8.78 Å². The Morgan fingerprint density at radius 2 is 1.63 bits per heavy atom. The summed E-state index contributed by atoms with van der Waals surface area (Å²) >= 11 is 0. The maximum atomic E-state index is 13.7. The summed E-state index contributed by atoms with van der Waals surface area (Å²) in [6.45, 7) is -0.627. The van der Waals surface area contributed by atoms with Gasteiger partial charge in [-0.05, 0) is 53.9 Å². The monoisotopic (exact) mass is 504 g/mol. The fourth-order valence-corrected chi connectivity index (χ4v) is 5.03. The Bertz CT molecular complexity index is 1190. The van der Waals surface area contributed by atoms with Crippen molar-refractivity contribution in [1.29, 1.82) is 0 Å². The van der Waals surface area contributed by atoms with E-state index in [1.54, 1.807) is 35.8 Å². The molecule has 1 atom stereocenters. The van der Waals surface area contributed by atoms with Crippen molar-refractivity contribution in [2.75, 3.05) is 13.3 Å². The number of hydroxylamine groups is 1. The van der Waals surface area contributed by atoms with Crippen LogP contribution in [0.5, 0.6) is 5.75 Å². The highest BCUT2D eigenvalue weighted by molar-refractivity contribution is 7.89. The number of nitrogens with zero attached hydrogens (tertiary/aromatic N) is 1. The second-order valence-corrected chi connectivity index (χ2v) is 9.61. The average molecular weight is 505 g/mol. The summed E-state index contributed by atoms with van der Waals surface area (Å²) in [6, 6.07) is 18.3. The van der Waals surface area contributed by atoms with E-state index in [9.17, 15) is 27.2 Å². The average Bonchev–Trinajstić information content (AvgIpc) is 2.88. The van der Waals surface area contributed by atoms with Crippen LogP contribution in [0.1, 0.15) is 17.5 Å². The van der Waals surface area contributed by atoms with Crippen molar-refractivity contribution in [3.63, 3.8) is 0 Å². The fourth-order valence-electron chi connectivity index (χ4n) is 3.46. The smallest absolute Gasteiger partial charge is 0.262 e. The molecule has 3 rings (SSSR count). The molecule has 7 nitrogen and oxygen atoms in total. The lowest BCUT2D eigenvalue weighted by molar-refractivity contribution is -0.133. The molecule has 2 N–H and O–H groups in total. The zero-order valence-corrected chi connectivity index (χ0v) is 19.6. The molecule has 0 spiro atoms. The molecule has 186 valence electrons. The SMILES string of the molecule is O=C(NO)[C@@H](Cc1ccccc1)N(Cc1ccc(F)cc1)S(=O)(=O)c1ccc(OCCCF)cc1. The molecule has 0 aromatic heterocycles. The summed E-state index contributed by atoms with van der Waals surface area (Å²) in [5.41, 5.74) is 2.69. The highest BCUT2D eigenvalue weighted by atomic mass is 32.2. The quantitative estimate of drug-likeness (QED) is 0.222. The van der Waals surface area contributed by atoms with Gasteiger partial charge in [0, 0.05) is 13.0 Å². The third kappa shape index (κ3) is 7.08. The zero-order chi connectivity index (χ0) is 25.3. The van der Waals surface area contributed by atoms with Gasteiger partial charge in [0.05, 0.1) is 18.2 Å². The van der Waals surface area contributed by atoms with E-state index in [0.29, 0.717) is 16.9 Å². The number of halogens is 2. The van der Waals surface area contributed by atoms with E-state index < -0.39 is 34.5 Å². The highest BCUT2D eigenvalue weighted by Crippen LogP contribution is 2.25. The molecule has 3 aromatic carbocycles. The van der Waals surface area contributed by atoms with Crippen molar-refractivity contribution in [3.05, 3.63) is 95.8 Å². The Labute approximate surface area is 203 Å². The molecule has 10 heteroatoms. The van der Waals surface area contributed by atoms with Crippen LogP contribution in [0.15, 0.2) is 83.8 Å². The minimum atomic E-state index is -4.27. The topological polar surface area (TPSA) is 95.9 Å². The zero-order valence-electron chi connectivity index (χ0n) is 18.8. The van der Waals surface area contributed by atoms with Gasteiger partial charge in [0.15, 0.2) is 0 Å². The van der Waals surface area contributed by atoms with Gasteiger partial charge in [-0.3, -0.25) is 14.4 Å². The third-order valence-corrected chi connectivity index (χ3v) is 7.13. The van der Waals surface area contributed by atoms with Crippen LogP contribution in [0.25, 0.3) is 0 Å². The predicted octanol–water partition coefficient (Wildman–Crippen LogP) is 3.87. The summed E-state index contributed by atoms with van der Waals surface area (Å²) in [7, 11) is -4.27. The van der Waals surface area contributed by atoms with Gasteiger partial charge in [-0.25, -0.2) is 18.3 Å². The van der Waals surface area contributed by atoms with Crippen LogP contribution in [-0.2, 0) is 27.8 Å². The maximum Gasteiger partial charge on any atom is 0.262 e. The van der Waals surface area contributed by atoms with E-state index >= 15 is 0 Å². The van der Waals surface area contributed by atoms with Crippen LogP contribution in [-0.4, -0.2) is 43.2 Å². The lowest BCUT2D eigenvalue weighted by Crippen LogP contribution is -2.49. The first-order valence-electron chi connectivity index (χ1n) is 10.9. The van der Waals surface area contributed by atoms with Crippen LogP contribution in [0, 0.1) is 5.82 Å². The third-order valence-electron chi connectivity index (χ3n) is 5.26. The van der Waals surface area contributed by atoms with Crippen LogP contribution in [0.3, 0.4) is 0 Å². The van der Waals surface area contributed by atoms with Crippen LogP contribution < -0.4 is 10.2 Å². The molecule has 0 aliphatic rings. The van der Waals surface area contributed by atoms with Crippen molar-refractivity contribution in [2.45, 2.75) is 30.3 Å². The first kappa shape index (κ1) is 26.3. The van der Waals surface area contributed by atoms with E-state index in [-0.39, 0.29) is 30.9 Å². The number of hydrogen-bond acceptors (Lipinski definition) is 5. The maximum absolute atomic E-state index is 13.7. The van der Waals surface area contributed by atoms with E-state index in [1.807, 2.05) is 0 Å². The fraction of sp³-hybridized carbons (Fsp3) is 0.240. The number of benzene rings is 3. The normalized spacial score (nSPS) is 12.3.